The molecule has 0 atom stereocenters. The van der Waals surface area contributed by atoms with Crippen molar-refractivity contribution in [3.8, 4) is 5.75 Å². The second-order valence-electron chi connectivity index (χ2n) is 6.68. The number of hydrogen-bond donors (Lipinski definition) is 2. The molecular formula is C16H25NO2. The quantitative estimate of drug-likeness (QED) is 0.857. The first kappa shape index (κ1) is 14.2. The minimum Gasteiger partial charge on any atom is -0.496 e. The van der Waals surface area contributed by atoms with Crippen LogP contribution in [0.25, 0.3) is 0 Å². The molecule has 2 rings (SSSR count). The highest BCUT2D eigenvalue weighted by Gasteiger charge is 2.41. The molecule has 1 aliphatic carbocycles. The van der Waals surface area contributed by atoms with Gasteiger partial charge in [-0.3, -0.25) is 0 Å². The lowest BCUT2D eigenvalue weighted by molar-refractivity contribution is 0.220. The monoisotopic (exact) mass is 263 g/mol. The Morgan fingerprint density at radius 1 is 1.32 bits per heavy atom. The lowest BCUT2D eigenvalue weighted by Gasteiger charge is -2.23. The van der Waals surface area contributed by atoms with Crippen LogP contribution in [0, 0.1) is 5.41 Å². The Labute approximate surface area is 116 Å². The van der Waals surface area contributed by atoms with E-state index in [0.29, 0.717) is 0 Å². The first-order valence-electron chi connectivity index (χ1n) is 6.93. The molecule has 3 heteroatoms. The zero-order valence-corrected chi connectivity index (χ0v) is 12.4. The number of methoxy groups -OCH3 is 1. The zero-order chi connectivity index (χ0) is 14.1. The maximum atomic E-state index is 9.34. The summed E-state index contributed by atoms with van der Waals surface area (Å²) in [5.41, 5.74) is 2.48. The Morgan fingerprint density at radius 3 is 2.47 bits per heavy atom. The van der Waals surface area contributed by atoms with Gasteiger partial charge in [-0.15, -0.1) is 0 Å². The summed E-state index contributed by atoms with van der Waals surface area (Å²) in [4.78, 5) is 0. The predicted octanol–water partition coefficient (Wildman–Crippen LogP) is 3.18. The van der Waals surface area contributed by atoms with Gasteiger partial charge in [0.2, 0.25) is 0 Å². The summed E-state index contributed by atoms with van der Waals surface area (Å²) in [7, 11) is 1.71. The highest BCUT2D eigenvalue weighted by molar-refractivity contribution is 5.53. The van der Waals surface area contributed by atoms with E-state index < -0.39 is 0 Å². The van der Waals surface area contributed by atoms with Crippen molar-refractivity contribution in [3.05, 3.63) is 23.8 Å². The topological polar surface area (TPSA) is 41.5 Å². The number of benzene rings is 1. The minimum atomic E-state index is 0.0529. The summed E-state index contributed by atoms with van der Waals surface area (Å²) in [6.07, 6.45) is 2.25. The van der Waals surface area contributed by atoms with Crippen molar-refractivity contribution in [1.29, 1.82) is 0 Å². The minimum absolute atomic E-state index is 0.0529. The number of nitrogens with one attached hydrogen (secondary N) is 1. The Bertz CT molecular complexity index is 445. The van der Waals surface area contributed by atoms with E-state index in [1.807, 2.05) is 12.1 Å². The Balaban J connectivity index is 2.14. The molecular weight excluding hydrogens is 238 g/mol. The molecule has 19 heavy (non-hydrogen) atoms. The second-order valence-corrected chi connectivity index (χ2v) is 6.68. The third kappa shape index (κ3) is 3.21. The lowest BCUT2D eigenvalue weighted by atomic mass is 9.86. The van der Waals surface area contributed by atoms with Gasteiger partial charge in [0.15, 0.2) is 0 Å². The van der Waals surface area contributed by atoms with Crippen molar-refractivity contribution in [1.82, 2.24) is 0 Å². The van der Waals surface area contributed by atoms with Gasteiger partial charge in [-0.1, -0.05) is 20.8 Å². The molecule has 3 nitrogen and oxygen atoms in total. The summed E-state index contributed by atoms with van der Waals surface area (Å²) in [5, 5.41) is 12.8. The smallest absolute Gasteiger partial charge is 0.122 e. The van der Waals surface area contributed by atoms with Gasteiger partial charge in [-0.2, -0.15) is 0 Å². The summed E-state index contributed by atoms with van der Waals surface area (Å²) in [6.45, 7) is 7.68. The van der Waals surface area contributed by atoms with E-state index in [2.05, 4.69) is 32.2 Å². The van der Waals surface area contributed by atoms with Gasteiger partial charge in [-0.05, 0) is 36.5 Å². The van der Waals surface area contributed by atoms with Crippen LogP contribution in [0.5, 0.6) is 5.75 Å². The molecule has 0 heterocycles. The summed E-state index contributed by atoms with van der Waals surface area (Å²) >= 11 is 0. The van der Waals surface area contributed by atoms with Crippen molar-refractivity contribution in [2.75, 3.05) is 25.6 Å². The summed E-state index contributed by atoms with van der Waals surface area (Å²) < 4.78 is 5.44. The van der Waals surface area contributed by atoms with E-state index in [1.165, 1.54) is 5.56 Å². The summed E-state index contributed by atoms with van der Waals surface area (Å²) in [5.74, 6) is 0.932. The van der Waals surface area contributed by atoms with Crippen LogP contribution in [0.4, 0.5) is 5.69 Å². The van der Waals surface area contributed by atoms with Crippen molar-refractivity contribution in [2.24, 2.45) is 5.41 Å². The third-order valence-electron chi connectivity index (χ3n) is 3.97. The number of anilines is 1. The van der Waals surface area contributed by atoms with E-state index in [0.717, 1.165) is 30.8 Å². The predicted molar refractivity (Wildman–Crippen MR) is 78.9 cm³/mol. The van der Waals surface area contributed by atoms with Gasteiger partial charge >= 0.3 is 0 Å². The maximum Gasteiger partial charge on any atom is 0.122 e. The van der Waals surface area contributed by atoms with Crippen LogP contribution in [0.15, 0.2) is 18.2 Å². The molecule has 0 bridgehead atoms. The van der Waals surface area contributed by atoms with E-state index in [1.54, 1.807) is 7.11 Å². The van der Waals surface area contributed by atoms with Crippen LogP contribution >= 0.6 is 0 Å². The number of rotatable bonds is 5. The molecule has 0 aliphatic heterocycles. The van der Waals surface area contributed by atoms with Crippen LogP contribution in [0.1, 0.15) is 39.2 Å². The molecule has 0 unspecified atom stereocenters. The van der Waals surface area contributed by atoms with Crippen molar-refractivity contribution < 1.29 is 9.84 Å². The zero-order valence-electron chi connectivity index (χ0n) is 12.4. The number of aliphatic hydroxyl groups is 1. The average molecular weight is 263 g/mol. The lowest BCUT2D eigenvalue weighted by Crippen LogP contribution is -2.19. The molecule has 1 fully saturated rings. The second kappa shape index (κ2) is 5.04. The molecule has 1 aromatic rings. The Hall–Kier alpha value is -1.22. The standard InChI is InChI=1S/C16H25NO2/c1-15(2,3)13-9-12(5-6-14(13)19-4)17-10-16(11-18)7-8-16/h5-6,9,17-18H,7-8,10-11H2,1-4H3. The first-order chi connectivity index (χ1) is 8.90. The van der Waals surface area contributed by atoms with Crippen LogP contribution in [-0.4, -0.2) is 25.4 Å². The maximum absolute atomic E-state index is 9.34. The van der Waals surface area contributed by atoms with Gasteiger partial charge in [0, 0.05) is 23.2 Å². The fourth-order valence-corrected chi connectivity index (χ4v) is 2.26. The van der Waals surface area contributed by atoms with Crippen molar-refractivity contribution in [3.63, 3.8) is 0 Å². The molecule has 0 saturated heterocycles. The van der Waals surface area contributed by atoms with Crippen LogP contribution in [0.3, 0.4) is 0 Å². The fourth-order valence-electron chi connectivity index (χ4n) is 2.26. The first-order valence-corrected chi connectivity index (χ1v) is 6.93. The normalized spacial score (nSPS) is 17.1. The molecule has 1 aromatic carbocycles. The van der Waals surface area contributed by atoms with Crippen molar-refractivity contribution in [2.45, 2.75) is 39.0 Å². The van der Waals surface area contributed by atoms with Crippen LogP contribution < -0.4 is 10.1 Å². The van der Waals surface area contributed by atoms with Crippen molar-refractivity contribution >= 4 is 5.69 Å². The molecule has 0 radical (unpaired) electrons. The van der Waals surface area contributed by atoms with Gasteiger partial charge in [0.05, 0.1) is 13.7 Å². The van der Waals surface area contributed by atoms with Crippen LogP contribution in [-0.2, 0) is 5.41 Å². The van der Waals surface area contributed by atoms with E-state index in [9.17, 15) is 5.11 Å². The highest BCUT2D eigenvalue weighted by atomic mass is 16.5. The fraction of sp³-hybridized carbons (Fsp3) is 0.625. The van der Waals surface area contributed by atoms with Gasteiger partial charge in [0.1, 0.15) is 5.75 Å². The molecule has 1 aliphatic rings. The van der Waals surface area contributed by atoms with E-state index in [-0.39, 0.29) is 17.4 Å². The third-order valence-corrected chi connectivity index (χ3v) is 3.97. The van der Waals surface area contributed by atoms with Gasteiger partial charge in [-0.25, -0.2) is 0 Å². The molecule has 2 N–H and O–H groups in total. The molecule has 1 saturated carbocycles. The highest BCUT2D eigenvalue weighted by Crippen LogP contribution is 2.45. The Kier molecular flexibility index (Phi) is 3.77. The summed E-state index contributed by atoms with van der Waals surface area (Å²) in [6, 6.07) is 6.22. The number of aliphatic hydroxyl groups excluding tert-OH is 1. The van der Waals surface area contributed by atoms with E-state index in [4.69, 9.17) is 4.74 Å². The SMILES string of the molecule is COc1ccc(NCC2(CO)CC2)cc1C(C)(C)C. The van der Waals surface area contributed by atoms with Crippen LogP contribution in [0.2, 0.25) is 0 Å². The molecule has 0 amide bonds. The molecule has 0 aromatic heterocycles. The number of ether oxygens (including phenoxy) is 1. The molecule has 106 valence electrons. The van der Waals surface area contributed by atoms with Gasteiger partial charge in [0.25, 0.3) is 0 Å². The van der Waals surface area contributed by atoms with Gasteiger partial charge < -0.3 is 15.2 Å². The average Bonchev–Trinajstić information content (AvgIpc) is 3.16. The Morgan fingerprint density at radius 2 is 2.00 bits per heavy atom. The largest absolute Gasteiger partial charge is 0.496 e. The molecule has 0 spiro atoms. The van der Waals surface area contributed by atoms with E-state index >= 15 is 0 Å². The number of hydrogen-bond acceptors (Lipinski definition) is 3.